The zero-order valence-corrected chi connectivity index (χ0v) is 20.0. The van der Waals surface area contributed by atoms with Crippen molar-refractivity contribution in [3.63, 3.8) is 0 Å². The van der Waals surface area contributed by atoms with Gasteiger partial charge >= 0.3 is 0 Å². The lowest BCUT2D eigenvalue weighted by Gasteiger charge is -2.36. The largest absolute Gasteiger partial charge is 0.368 e. The van der Waals surface area contributed by atoms with Crippen LogP contribution in [0.5, 0.6) is 0 Å². The average molecular weight is 485 g/mol. The fourth-order valence-electron chi connectivity index (χ4n) is 4.44. The van der Waals surface area contributed by atoms with Crippen LogP contribution in [0.4, 0.5) is 5.69 Å². The van der Waals surface area contributed by atoms with E-state index in [1.54, 1.807) is 6.07 Å². The summed E-state index contributed by atoms with van der Waals surface area (Å²) in [5.74, 6) is 0.394. The number of hydrogen-bond donors (Lipinski definition) is 0. The molecule has 0 aliphatic carbocycles. The van der Waals surface area contributed by atoms with Gasteiger partial charge in [0.1, 0.15) is 0 Å². The van der Waals surface area contributed by atoms with E-state index in [-0.39, 0.29) is 29.9 Å². The van der Waals surface area contributed by atoms with Gasteiger partial charge in [0.05, 0.1) is 39.7 Å². The molecule has 0 saturated carbocycles. The Bertz CT molecular complexity index is 1110. The van der Waals surface area contributed by atoms with Crippen LogP contribution in [0.25, 0.3) is 0 Å². The summed E-state index contributed by atoms with van der Waals surface area (Å²) < 4.78 is 25.5. The molecule has 0 spiro atoms. The summed E-state index contributed by atoms with van der Waals surface area (Å²) in [6.45, 7) is 6.52. The standard InChI is InChI=1S/C21H26Cl2N4O3S/c1-14-18(15(2)27(24-14)17-5-10-31(29,30)13-17)12-21(28)26-8-6-25(7-9-26)16-3-4-19(22)20(23)11-16/h3-4,11,17H,5-10,12-13H2,1-2H3. The van der Waals surface area contributed by atoms with Crippen LogP contribution in [0, 0.1) is 13.8 Å². The van der Waals surface area contributed by atoms with E-state index in [9.17, 15) is 13.2 Å². The smallest absolute Gasteiger partial charge is 0.227 e. The van der Waals surface area contributed by atoms with Crippen molar-refractivity contribution in [2.75, 3.05) is 42.6 Å². The molecule has 0 N–H and O–H groups in total. The number of sulfone groups is 1. The van der Waals surface area contributed by atoms with Gasteiger partial charge in [-0.05, 0) is 38.5 Å². The van der Waals surface area contributed by atoms with Gasteiger partial charge in [-0.15, -0.1) is 0 Å². The number of hydrogen-bond acceptors (Lipinski definition) is 5. The maximum absolute atomic E-state index is 13.0. The van der Waals surface area contributed by atoms with Gasteiger partial charge in [-0.1, -0.05) is 23.2 Å². The second-order valence-corrected chi connectivity index (χ2v) is 11.3. The van der Waals surface area contributed by atoms with Crippen LogP contribution in [0.15, 0.2) is 18.2 Å². The third kappa shape index (κ3) is 4.71. The molecular weight excluding hydrogens is 459 g/mol. The molecule has 3 heterocycles. The number of carbonyl (C=O) groups is 1. The molecule has 168 valence electrons. The lowest BCUT2D eigenvalue weighted by molar-refractivity contribution is -0.130. The lowest BCUT2D eigenvalue weighted by Crippen LogP contribution is -2.49. The van der Waals surface area contributed by atoms with Gasteiger partial charge in [-0.25, -0.2) is 8.42 Å². The van der Waals surface area contributed by atoms with Crippen molar-refractivity contribution in [1.82, 2.24) is 14.7 Å². The highest BCUT2D eigenvalue weighted by Crippen LogP contribution is 2.29. The molecule has 2 saturated heterocycles. The maximum atomic E-state index is 13.0. The number of benzene rings is 1. The zero-order valence-electron chi connectivity index (χ0n) is 17.6. The van der Waals surface area contributed by atoms with Crippen molar-refractivity contribution < 1.29 is 13.2 Å². The van der Waals surface area contributed by atoms with Gasteiger partial charge in [0, 0.05) is 43.1 Å². The molecule has 1 atom stereocenters. The number of halogens is 2. The number of anilines is 1. The van der Waals surface area contributed by atoms with Crippen molar-refractivity contribution in [2.24, 2.45) is 0 Å². The van der Waals surface area contributed by atoms with Gasteiger partial charge in [-0.2, -0.15) is 5.10 Å². The minimum atomic E-state index is -2.99. The maximum Gasteiger partial charge on any atom is 0.227 e. The number of nitrogens with zero attached hydrogens (tertiary/aromatic N) is 4. The molecule has 31 heavy (non-hydrogen) atoms. The third-order valence-corrected chi connectivity index (χ3v) is 8.75. The first-order valence-electron chi connectivity index (χ1n) is 10.4. The first kappa shape index (κ1) is 22.4. The fourth-order valence-corrected chi connectivity index (χ4v) is 6.42. The molecule has 2 aromatic rings. The summed E-state index contributed by atoms with van der Waals surface area (Å²) >= 11 is 12.1. The highest BCUT2D eigenvalue weighted by atomic mass is 35.5. The quantitative estimate of drug-likeness (QED) is 0.666. The Hall–Kier alpha value is -1.77. The summed E-state index contributed by atoms with van der Waals surface area (Å²) in [6, 6.07) is 5.44. The van der Waals surface area contributed by atoms with E-state index in [0.717, 1.165) is 35.7 Å². The fraction of sp³-hybridized carbons (Fsp3) is 0.524. The third-order valence-electron chi connectivity index (χ3n) is 6.26. The minimum Gasteiger partial charge on any atom is -0.368 e. The lowest BCUT2D eigenvalue weighted by atomic mass is 10.1. The minimum absolute atomic E-state index is 0.0681. The van der Waals surface area contributed by atoms with Gasteiger partial charge in [0.25, 0.3) is 0 Å². The Morgan fingerprint density at radius 3 is 2.45 bits per heavy atom. The topological polar surface area (TPSA) is 75.5 Å². The van der Waals surface area contributed by atoms with Crippen molar-refractivity contribution in [1.29, 1.82) is 0 Å². The Morgan fingerprint density at radius 2 is 1.84 bits per heavy atom. The van der Waals surface area contributed by atoms with E-state index in [1.165, 1.54) is 0 Å². The first-order valence-corrected chi connectivity index (χ1v) is 12.9. The number of piperazine rings is 1. The van der Waals surface area contributed by atoms with Crippen LogP contribution >= 0.6 is 23.2 Å². The van der Waals surface area contributed by atoms with Crippen LogP contribution in [0.1, 0.15) is 29.4 Å². The van der Waals surface area contributed by atoms with Gasteiger partial charge in [-0.3, -0.25) is 9.48 Å². The summed E-state index contributed by atoms with van der Waals surface area (Å²) in [4.78, 5) is 17.1. The predicted octanol–water partition coefficient (Wildman–Crippen LogP) is 3.06. The molecule has 2 fully saturated rings. The van der Waals surface area contributed by atoms with E-state index in [4.69, 9.17) is 23.2 Å². The Balaban J connectivity index is 1.40. The normalized spacial score (nSPS) is 21.0. The molecule has 2 aliphatic rings. The van der Waals surface area contributed by atoms with Gasteiger partial charge < -0.3 is 9.80 Å². The molecule has 0 radical (unpaired) electrons. The zero-order chi connectivity index (χ0) is 22.3. The predicted molar refractivity (Wildman–Crippen MR) is 123 cm³/mol. The number of aryl methyl sites for hydroxylation is 1. The van der Waals surface area contributed by atoms with E-state index in [2.05, 4.69) is 10.00 Å². The summed E-state index contributed by atoms with van der Waals surface area (Å²) in [6.07, 6.45) is 0.859. The highest BCUT2D eigenvalue weighted by molar-refractivity contribution is 7.91. The monoisotopic (exact) mass is 484 g/mol. The Kier molecular flexibility index (Phi) is 6.25. The van der Waals surface area contributed by atoms with Crippen LogP contribution < -0.4 is 4.90 Å². The second kappa shape index (κ2) is 8.64. The summed E-state index contributed by atoms with van der Waals surface area (Å²) in [7, 11) is -2.99. The molecule has 1 unspecified atom stereocenters. The number of aromatic nitrogens is 2. The van der Waals surface area contributed by atoms with Crippen LogP contribution in [-0.4, -0.2) is 66.7 Å². The van der Waals surface area contributed by atoms with Crippen molar-refractivity contribution in [2.45, 2.75) is 32.7 Å². The van der Waals surface area contributed by atoms with E-state index in [0.29, 0.717) is 29.6 Å². The molecule has 0 bridgehead atoms. The molecule has 2 aliphatic heterocycles. The molecule has 7 nitrogen and oxygen atoms in total. The summed E-state index contributed by atoms with van der Waals surface area (Å²) in [5, 5.41) is 5.63. The molecule has 1 amide bonds. The second-order valence-electron chi connectivity index (χ2n) is 8.29. The molecule has 4 rings (SSSR count). The van der Waals surface area contributed by atoms with Crippen molar-refractivity contribution >= 4 is 44.6 Å². The van der Waals surface area contributed by atoms with Crippen molar-refractivity contribution in [3.05, 3.63) is 45.2 Å². The molecule has 1 aromatic carbocycles. The molecule has 10 heteroatoms. The van der Waals surface area contributed by atoms with E-state index in [1.807, 2.05) is 35.6 Å². The van der Waals surface area contributed by atoms with E-state index >= 15 is 0 Å². The first-order chi connectivity index (χ1) is 14.6. The van der Waals surface area contributed by atoms with E-state index < -0.39 is 9.84 Å². The van der Waals surface area contributed by atoms with Crippen LogP contribution in [-0.2, 0) is 21.1 Å². The number of amides is 1. The number of rotatable bonds is 4. The average Bonchev–Trinajstić information content (AvgIpc) is 3.23. The van der Waals surface area contributed by atoms with Gasteiger partial charge in [0.15, 0.2) is 9.84 Å². The van der Waals surface area contributed by atoms with Crippen LogP contribution in [0.2, 0.25) is 10.0 Å². The Labute approximate surface area is 192 Å². The number of carbonyl (C=O) groups excluding carboxylic acids is 1. The molecule has 1 aromatic heterocycles. The van der Waals surface area contributed by atoms with Crippen LogP contribution in [0.3, 0.4) is 0 Å². The Morgan fingerprint density at radius 1 is 1.13 bits per heavy atom. The van der Waals surface area contributed by atoms with Gasteiger partial charge in [0.2, 0.25) is 5.91 Å². The summed E-state index contributed by atoms with van der Waals surface area (Å²) in [5.41, 5.74) is 3.59. The highest BCUT2D eigenvalue weighted by Gasteiger charge is 2.32. The van der Waals surface area contributed by atoms with Crippen molar-refractivity contribution in [3.8, 4) is 0 Å². The molecular formula is C21H26Cl2N4O3S. The SMILES string of the molecule is Cc1nn(C2CCS(=O)(=O)C2)c(C)c1CC(=O)N1CCN(c2ccc(Cl)c(Cl)c2)CC1.